The second-order valence-electron chi connectivity index (χ2n) is 5.60. The Balaban J connectivity index is 1.96. The van der Waals surface area contributed by atoms with Crippen molar-refractivity contribution < 1.29 is 18.4 Å². The van der Waals surface area contributed by atoms with Crippen LogP contribution in [0.4, 0.5) is 19.3 Å². The highest BCUT2D eigenvalue weighted by atomic mass is 32.2. The Bertz CT molecular complexity index is 812. The SMILES string of the molecule is Cc1ccc(NC(=O)NC(=O)C(C)Sc2cc(F)ccc2F)c(C)c1. The van der Waals surface area contributed by atoms with Crippen LogP contribution in [0.2, 0.25) is 0 Å². The zero-order chi connectivity index (χ0) is 18.6. The maximum atomic E-state index is 13.6. The minimum Gasteiger partial charge on any atom is -0.307 e. The molecule has 0 heterocycles. The van der Waals surface area contributed by atoms with Crippen molar-refractivity contribution in [2.75, 3.05) is 5.32 Å². The van der Waals surface area contributed by atoms with E-state index < -0.39 is 28.8 Å². The maximum absolute atomic E-state index is 13.6. The largest absolute Gasteiger partial charge is 0.325 e. The van der Waals surface area contributed by atoms with Crippen LogP contribution in [-0.4, -0.2) is 17.2 Å². The molecule has 1 atom stereocenters. The molecule has 0 saturated carbocycles. The van der Waals surface area contributed by atoms with E-state index >= 15 is 0 Å². The lowest BCUT2D eigenvalue weighted by Crippen LogP contribution is -2.39. The molecule has 132 valence electrons. The summed E-state index contributed by atoms with van der Waals surface area (Å²) in [5, 5.41) is 4.01. The van der Waals surface area contributed by atoms with Crippen molar-refractivity contribution >= 4 is 29.4 Å². The van der Waals surface area contributed by atoms with Gasteiger partial charge in [0.05, 0.1) is 5.25 Å². The van der Waals surface area contributed by atoms with Crippen LogP contribution in [0.3, 0.4) is 0 Å². The molecule has 0 fully saturated rings. The Kier molecular flexibility index (Phi) is 6.14. The number of urea groups is 1. The molecule has 7 heteroatoms. The Hall–Kier alpha value is -2.41. The van der Waals surface area contributed by atoms with Crippen LogP contribution in [0.15, 0.2) is 41.3 Å². The number of carbonyl (C=O) groups is 2. The van der Waals surface area contributed by atoms with Crippen LogP contribution in [-0.2, 0) is 4.79 Å². The second kappa shape index (κ2) is 8.11. The van der Waals surface area contributed by atoms with E-state index in [4.69, 9.17) is 0 Å². The predicted octanol–water partition coefficient (Wildman–Crippen LogP) is 4.41. The van der Waals surface area contributed by atoms with E-state index in [0.29, 0.717) is 5.69 Å². The first-order valence-corrected chi connectivity index (χ1v) is 8.45. The van der Waals surface area contributed by atoms with Gasteiger partial charge >= 0.3 is 6.03 Å². The number of thioether (sulfide) groups is 1. The number of amides is 3. The predicted molar refractivity (Wildman–Crippen MR) is 94.8 cm³/mol. The first kappa shape index (κ1) is 18.9. The highest BCUT2D eigenvalue weighted by Crippen LogP contribution is 2.27. The molecule has 0 aliphatic carbocycles. The summed E-state index contributed by atoms with van der Waals surface area (Å²) in [4.78, 5) is 24.0. The Labute approximate surface area is 149 Å². The van der Waals surface area contributed by atoms with Crippen molar-refractivity contribution in [1.29, 1.82) is 0 Å². The molecule has 0 aliphatic heterocycles. The van der Waals surface area contributed by atoms with Crippen LogP contribution in [0.1, 0.15) is 18.1 Å². The first-order chi connectivity index (χ1) is 11.8. The zero-order valence-corrected chi connectivity index (χ0v) is 14.8. The molecular weight excluding hydrogens is 346 g/mol. The smallest absolute Gasteiger partial charge is 0.307 e. The minimum absolute atomic E-state index is 0.0115. The molecule has 0 aromatic heterocycles. The van der Waals surface area contributed by atoms with Crippen molar-refractivity contribution in [1.82, 2.24) is 5.32 Å². The van der Waals surface area contributed by atoms with E-state index in [1.165, 1.54) is 6.92 Å². The summed E-state index contributed by atoms with van der Waals surface area (Å²) < 4.78 is 26.8. The average Bonchev–Trinajstić information content (AvgIpc) is 2.53. The molecule has 2 aromatic carbocycles. The van der Waals surface area contributed by atoms with Gasteiger partial charge in [-0.3, -0.25) is 10.1 Å². The van der Waals surface area contributed by atoms with Gasteiger partial charge in [-0.1, -0.05) is 17.7 Å². The molecule has 0 radical (unpaired) electrons. The third kappa shape index (κ3) is 5.29. The van der Waals surface area contributed by atoms with Gasteiger partial charge in [-0.15, -0.1) is 11.8 Å². The molecule has 0 saturated heterocycles. The van der Waals surface area contributed by atoms with Crippen LogP contribution in [0, 0.1) is 25.5 Å². The third-order valence-corrected chi connectivity index (χ3v) is 4.57. The number of nitrogens with one attached hydrogen (secondary N) is 2. The van der Waals surface area contributed by atoms with E-state index in [0.717, 1.165) is 41.1 Å². The molecule has 2 rings (SSSR count). The van der Waals surface area contributed by atoms with E-state index in [9.17, 15) is 18.4 Å². The number of benzene rings is 2. The molecule has 25 heavy (non-hydrogen) atoms. The molecule has 4 nitrogen and oxygen atoms in total. The fourth-order valence-electron chi connectivity index (χ4n) is 2.13. The van der Waals surface area contributed by atoms with Gasteiger partial charge in [0.2, 0.25) is 5.91 Å². The fourth-order valence-corrected chi connectivity index (χ4v) is 3.04. The monoisotopic (exact) mass is 364 g/mol. The summed E-state index contributed by atoms with van der Waals surface area (Å²) in [6.45, 7) is 5.29. The van der Waals surface area contributed by atoms with Crippen LogP contribution < -0.4 is 10.6 Å². The standard InChI is InChI=1S/C18H18F2N2O2S/c1-10-4-7-15(11(2)8-10)21-18(24)22-17(23)12(3)25-16-9-13(19)5-6-14(16)20/h4-9,12H,1-3H3,(H2,21,22,23,24). The molecule has 2 N–H and O–H groups in total. The van der Waals surface area contributed by atoms with Gasteiger partial charge < -0.3 is 5.32 Å². The van der Waals surface area contributed by atoms with Crippen LogP contribution in [0.25, 0.3) is 0 Å². The van der Waals surface area contributed by atoms with Crippen molar-refractivity contribution in [3.8, 4) is 0 Å². The number of anilines is 1. The first-order valence-electron chi connectivity index (χ1n) is 7.57. The second-order valence-corrected chi connectivity index (χ2v) is 6.98. The molecule has 0 spiro atoms. The third-order valence-electron chi connectivity index (χ3n) is 3.43. The van der Waals surface area contributed by atoms with Gasteiger partial charge in [-0.05, 0) is 50.6 Å². The van der Waals surface area contributed by atoms with Gasteiger partial charge in [0, 0.05) is 10.6 Å². The van der Waals surface area contributed by atoms with E-state index in [1.807, 2.05) is 26.0 Å². The molecule has 2 aromatic rings. The summed E-state index contributed by atoms with van der Waals surface area (Å²) in [5.41, 5.74) is 2.51. The lowest BCUT2D eigenvalue weighted by Gasteiger charge is -2.13. The van der Waals surface area contributed by atoms with E-state index in [1.54, 1.807) is 6.07 Å². The van der Waals surface area contributed by atoms with Crippen molar-refractivity contribution in [3.63, 3.8) is 0 Å². The number of rotatable bonds is 4. The normalized spacial score (nSPS) is 11.7. The summed E-state index contributed by atoms with van der Waals surface area (Å²) >= 11 is 0.839. The number of carbonyl (C=O) groups excluding carboxylic acids is 2. The highest BCUT2D eigenvalue weighted by molar-refractivity contribution is 8.00. The Morgan fingerprint density at radius 2 is 1.80 bits per heavy atom. The highest BCUT2D eigenvalue weighted by Gasteiger charge is 2.19. The van der Waals surface area contributed by atoms with Crippen LogP contribution in [0.5, 0.6) is 0 Å². The maximum Gasteiger partial charge on any atom is 0.325 e. The summed E-state index contributed by atoms with van der Waals surface area (Å²) in [5.74, 6) is -1.81. The average molecular weight is 364 g/mol. The number of hydrogen-bond acceptors (Lipinski definition) is 3. The fraction of sp³-hybridized carbons (Fsp3) is 0.222. The summed E-state index contributed by atoms with van der Waals surface area (Å²) in [6.07, 6.45) is 0. The quantitative estimate of drug-likeness (QED) is 0.790. The molecule has 3 amide bonds. The number of hydrogen-bond donors (Lipinski definition) is 2. The Morgan fingerprint density at radius 1 is 1.08 bits per heavy atom. The topological polar surface area (TPSA) is 58.2 Å². The number of halogens is 2. The Morgan fingerprint density at radius 3 is 2.48 bits per heavy atom. The van der Waals surface area contributed by atoms with Gasteiger partial charge in [0.1, 0.15) is 11.6 Å². The number of aryl methyl sites for hydroxylation is 2. The molecule has 0 bridgehead atoms. The van der Waals surface area contributed by atoms with Crippen molar-refractivity contribution in [2.24, 2.45) is 0 Å². The van der Waals surface area contributed by atoms with E-state index in [-0.39, 0.29) is 4.90 Å². The zero-order valence-electron chi connectivity index (χ0n) is 14.0. The molecular formula is C18H18F2N2O2S. The van der Waals surface area contributed by atoms with Gasteiger partial charge in [0.25, 0.3) is 0 Å². The number of imide groups is 1. The van der Waals surface area contributed by atoms with Gasteiger partial charge in [-0.25, -0.2) is 13.6 Å². The van der Waals surface area contributed by atoms with Crippen LogP contribution >= 0.6 is 11.8 Å². The van der Waals surface area contributed by atoms with E-state index in [2.05, 4.69) is 10.6 Å². The lowest BCUT2D eigenvalue weighted by atomic mass is 10.1. The minimum atomic E-state index is -0.777. The molecule has 1 unspecified atom stereocenters. The lowest BCUT2D eigenvalue weighted by molar-refractivity contribution is -0.119. The summed E-state index contributed by atoms with van der Waals surface area (Å²) in [7, 11) is 0. The summed E-state index contributed by atoms with van der Waals surface area (Å²) in [6, 6.07) is 7.83. The van der Waals surface area contributed by atoms with Gasteiger partial charge in [-0.2, -0.15) is 0 Å². The molecule has 0 aliphatic rings. The van der Waals surface area contributed by atoms with Crippen molar-refractivity contribution in [3.05, 3.63) is 59.2 Å². The van der Waals surface area contributed by atoms with Gasteiger partial charge in [0.15, 0.2) is 0 Å². The van der Waals surface area contributed by atoms with Crippen molar-refractivity contribution in [2.45, 2.75) is 30.9 Å².